The highest BCUT2D eigenvalue weighted by Gasteiger charge is 2.29. The average molecular weight is 472 g/mol. The smallest absolute Gasteiger partial charge is 0.264 e. The first-order valence-electron chi connectivity index (χ1n) is 10.00. The third-order valence-corrected chi connectivity index (χ3v) is 7.33. The molecule has 1 N–H and O–H groups in total. The summed E-state index contributed by atoms with van der Waals surface area (Å²) in [6, 6.07) is 15.2. The van der Waals surface area contributed by atoms with E-state index >= 15 is 0 Å². The number of aryl methyl sites for hydroxylation is 2. The summed E-state index contributed by atoms with van der Waals surface area (Å²) in [6.45, 7) is 5.52. The third kappa shape index (κ3) is 5.54. The molecule has 0 radical (unpaired) electrons. The summed E-state index contributed by atoms with van der Waals surface area (Å²) >= 11 is 1.50. The molecule has 7 nitrogen and oxygen atoms in total. The molecule has 0 saturated carbocycles. The Labute approximate surface area is 192 Å². The Balaban J connectivity index is 1.92. The van der Waals surface area contributed by atoms with Gasteiger partial charge < -0.3 is 4.74 Å². The van der Waals surface area contributed by atoms with Crippen LogP contribution >= 0.6 is 11.3 Å². The van der Waals surface area contributed by atoms with Crippen LogP contribution in [0.25, 0.3) is 0 Å². The van der Waals surface area contributed by atoms with Gasteiger partial charge in [0.15, 0.2) is 0 Å². The van der Waals surface area contributed by atoms with Gasteiger partial charge in [-0.1, -0.05) is 29.8 Å². The third-order valence-electron chi connectivity index (χ3n) is 4.60. The van der Waals surface area contributed by atoms with Crippen molar-refractivity contribution < 1.29 is 17.9 Å². The van der Waals surface area contributed by atoms with Crippen LogP contribution in [0.4, 0.5) is 5.69 Å². The van der Waals surface area contributed by atoms with E-state index in [-0.39, 0.29) is 10.6 Å². The van der Waals surface area contributed by atoms with E-state index in [9.17, 15) is 13.2 Å². The zero-order valence-corrected chi connectivity index (χ0v) is 19.7. The zero-order valence-electron chi connectivity index (χ0n) is 18.1. The quantitative estimate of drug-likeness (QED) is 0.376. The summed E-state index contributed by atoms with van der Waals surface area (Å²) in [6.07, 6.45) is 1.55. The molecule has 0 bridgehead atoms. The van der Waals surface area contributed by atoms with Gasteiger partial charge in [0.05, 0.1) is 23.4 Å². The zero-order chi connectivity index (χ0) is 23.1. The lowest BCUT2D eigenvalue weighted by Crippen LogP contribution is -2.39. The molecule has 168 valence electrons. The molecule has 32 heavy (non-hydrogen) atoms. The summed E-state index contributed by atoms with van der Waals surface area (Å²) < 4.78 is 33.7. The second-order valence-electron chi connectivity index (χ2n) is 6.99. The number of thiophene rings is 1. The lowest BCUT2D eigenvalue weighted by molar-refractivity contribution is -0.119. The van der Waals surface area contributed by atoms with Crippen molar-refractivity contribution in [3.05, 3.63) is 76.0 Å². The molecule has 0 unspecified atom stereocenters. The van der Waals surface area contributed by atoms with Crippen LogP contribution in [0.2, 0.25) is 0 Å². The van der Waals surface area contributed by atoms with Crippen molar-refractivity contribution in [1.82, 2.24) is 5.43 Å². The van der Waals surface area contributed by atoms with Crippen LogP contribution in [0, 0.1) is 13.8 Å². The highest BCUT2D eigenvalue weighted by molar-refractivity contribution is 7.92. The van der Waals surface area contributed by atoms with Crippen LogP contribution in [0.5, 0.6) is 5.75 Å². The lowest BCUT2D eigenvalue weighted by atomic mass is 10.2. The minimum absolute atomic E-state index is 0.0833. The number of carbonyl (C=O) groups is 1. The first-order chi connectivity index (χ1) is 15.3. The van der Waals surface area contributed by atoms with Crippen LogP contribution in [-0.4, -0.2) is 33.7 Å². The number of hydrogen-bond donors (Lipinski definition) is 1. The van der Waals surface area contributed by atoms with Crippen LogP contribution in [0.15, 0.2) is 70.0 Å². The van der Waals surface area contributed by atoms with Crippen molar-refractivity contribution in [3.8, 4) is 5.75 Å². The Bertz CT molecular complexity index is 1200. The summed E-state index contributed by atoms with van der Waals surface area (Å²) in [5.41, 5.74) is 4.68. The van der Waals surface area contributed by atoms with Gasteiger partial charge in [-0.2, -0.15) is 5.10 Å². The molecule has 0 saturated heterocycles. The maximum Gasteiger partial charge on any atom is 0.264 e. The second kappa shape index (κ2) is 10.4. The van der Waals surface area contributed by atoms with Crippen molar-refractivity contribution in [2.45, 2.75) is 25.7 Å². The van der Waals surface area contributed by atoms with E-state index in [1.165, 1.54) is 23.5 Å². The fourth-order valence-electron chi connectivity index (χ4n) is 2.92. The molecule has 0 atom stereocenters. The number of rotatable bonds is 9. The van der Waals surface area contributed by atoms with E-state index in [4.69, 9.17) is 4.74 Å². The van der Waals surface area contributed by atoms with E-state index < -0.39 is 22.5 Å². The van der Waals surface area contributed by atoms with Gasteiger partial charge in [-0.05, 0) is 62.0 Å². The highest BCUT2D eigenvalue weighted by atomic mass is 32.2. The molecule has 3 aromatic rings. The lowest BCUT2D eigenvalue weighted by Gasteiger charge is -2.25. The van der Waals surface area contributed by atoms with Crippen LogP contribution in [-0.2, 0) is 14.8 Å². The van der Waals surface area contributed by atoms with E-state index in [0.717, 1.165) is 20.3 Å². The van der Waals surface area contributed by atoms with Gasteiger partial charge in [-0.25, -0.2) is 13.8 Å². The largest absolute Gasteiger partial charge is 0.492 e. The van der Waals surface area contributed by atoms with Gasteiger partial charge in [0, 0.05) is 4.88 Å². The SMILES string of the molecule is CCOc1ccccc1N(CC(=O)N/N=C\c1sccc1C)S(=O)(=O)c1ccc(C)cc1. The highest BCUT2D eigenvalue weighted by Crippen LogP contribution is 2.32. The summed E-state index contributed by atoms with van der Waals surface area (Å²) in [5.74, 6) is -0.200. The molecule has 1 heterocycles. The number of hydrazone groups is 1. The molecular formula is C23H25N3O4S2. The van der Waals surface area contributed by atoms with Crippen molar-refractivity contribution in [3.63, 3.8) is 0 Å². The molecule has 9 heteroatoms. The van der Waals surface area contributed by atoms with E-state index in [0.29, 0.717) is 12.4 Å². The Kier molecular flexibility index (Phi) is 7.66. The first kappa shape index (κ1) is 23.5. The molecule has 1 amide bonds. The minimum atomic E-state index is -4.04. The predicted octanol–water partition coefficient (Wildman–Crippen LogP) is 4.11. The molecule has 2 aromatic carbocycles. The number of para-hydroxylation sites is 2. The molecule has 3 rings (SSSR count). The Hall–Kier alpha value is -3.17. The van der Waals surface area contributed by atoms with Crippen LogP contribution in [0.3, 0.4) is 0 Å². The molecular weight excluding hydrogens is 446 g/mol. The van der Waals surface area contributed by atoms with Gasteiger partial charge in [0.2, 0.25) is 0 Å². The molecule has 0 spiro atoms. The van der Waals surface area contributed by atoms with Gasteiger partial charge >= 0.3 is 0 Å². The van der Waals surface area contributed by atoms with Gasteiger partial charge in [-0.15, -0.1) is 11.3 Å². The van der Waals surface area contributed by atoms with Gasteiger partial charge in [-0.3, -0.25) is 9.10 Å². The number of hydrogen-bond acceptors (Lipinski definition) is 6. The predicted molar refractivity (Wildman–Crippen MR) is 128 cm³/mol. The number of anilines is 1. The number of nitrogens with zero attached hydrogens (tertiary/aromatic N) is 2. The van der Waals surface area contributed by atoms with Crippen molar-refractivity contribution >= 4 is 39.2 Å². The van der Waals surface area contributed by atoms with Crippen molar-refractivity contribution in [2.75, 3.05) is 17.5 Å². The van der Waals surface area contributed by atoms with Crippen molar-refractivity contribution in [2.24, 2.45) is 5.10 Å². The Morgan fingerprint density at radius 2 is 1.84 bits per heavy atom. The molecule has 0 fully saturated rings. The molecule has 0 aliphatic rings. The summed E-state index contributed by atoms with van der Waals surface area (Å²) in [4.78, 5) is 13.7. The Morgan fingerprint density at radius 3 is 2.50 bits per heavy atom. The number of ether oxygens (including phenoxy) is 1. The first-order valence-corrected chi connectivity index (χ1v) is 12.3. The Morgan fingerprint density at radius 1 is 1.12 bits per heavy atom. The fourth-order valence-corrected chi connectivity index (χ4v) is 5.14. The summed E-state index contributed by atoms with van der Waals surface area (Å²) in [7, 11) is -4.04. The van der Waals surface area contributed by atoms with Gasteiger partial charge in [0.1, 0.15) is 12.3 Å². The molecule has 1 aromatic heterocycles. The maximum absolute atomic E-state index is 13.5. The van der Waals surface area contributed by atoms with E-state index in [2.05, 4.69) is 10.5 Å². The topological polar surface area (TPSA) is 88.1 Å². The van der Waals surface area contributed by atoms with Crippen LogP contribution in [0.1, 0.15) is 22.9 Å². The number of amides is 1. The minimum Gasteiger partial charge on any atom is -0.492 e. The standard InChI is InChI=1S/C23H25N3O4S2/c1-4-30-21-8-6-5-7-20(21)26(32(28,29)19-11-9-17(2)10-12-19)16-23(27)25-24-15-22-18(3)13-14-31-22/h5-15H,4,16H2,1-3H3,(H,25,27)/b24-15-. The van der Waals surface area contributed by atoms with Gasteiger partial charge in [0.25, 0.3) is 15.9 Å². The molecule has 0 aliphatic heterocycles. The van der Waals surface area contributed by atoms with Crippen LogP contribution < -0.4 is 14.5 Å². The monoisotopic (exact) mass is 471 g/mol. The number of benzene rings is 2. The number of carbonyl (C=O) groups excluding carboxylic acids is 1. The van der Waals surface area contributed by atoms with E-state index in [1.807, 2.05) is 32.2 Å². The molecule has 0 aliphatic carbocycles. The normalized spacial score (nSPS) is 11.5. The average Bonchev–Trinajstić information content (AvgIpc) is 3.18. The number of nitrogens with one attached hydrogen (secondary N) is 1. The number of sulfonamides is 1. The summed E-state index contributed by atoms with van der Waals surface area (Å²) in [5, 5.41) is 5.91. The maximum atomic E-state index is 13.5. The van der Waals surface area contributed by atoms with Crippen molar-refractivity contribution in [1.29, 1.82) is 0 Å². The second-order valence-corrected chi connectivity index (χ2v) is 9.80. The van der Waals surface area contributed by atoms with E-state index in [1.54, 1.807) is 42.6 Å². The fraction of sp³-hybridized carbons (Fsp3) is 0.217.